The lowest BCUT2D eigenvalue weighted by atomic mass is 10.1. The number of methoxy groups -OCH3 is 1. The Bertz CT molecular complexity index is 353. The number of aliphatic hydroxyl groups is 1. The summed E-state index contributed by atoms with van der Waals surface area (Å²) < 4.78 is 10.7. The minimum absolute atomic E-state index is 0.260. The van der Waals surface area contributed by atoms with E-state index in [0.29, 0.717) is 13.2 Å². The maximum atomic E-state index is 10.1. The van der Waals surface area contributed by atoms with Crippen molar-refractivity contribution in [2.75, 3.05) is 26.8 Å². The quantitative estimate of drug-likeness (QED) is 0.738. The SMILES string of the molecule is CCNCC(C)(O)COc1cccc(COC)c1. The van der Waals surface area contributed by atoms with Gasteiger partial charge in [0.25, 0.3) is 0 Å². The molecular formula is C14H23NO3. The van der Waals surface area contributed by atoms with E-state index in [0.717, 1.165) is 17.9 Å². The van der Waals surface area contributed by atoms with E-state index in [1.807, 2.05) is 31.2 Å². The van der Waals surface area contributed by atoms with Gasteiger partial charge in [-0.3, -0.25) is 0 Å². The molecule has 1 rings (SSSR count). The first kappa shape index (κ1) is 15.0. The summed E-state index contributed by atoms with van der Waals surface area (Å²) in [5.74, 6) is 0.751. The third-order valence-corrected chi connectivity index (χ3v) is 2.52. The van der Waals surface area contributed by atoms with Crippen molar-refractivity contribution in [1.29, 1.82) is 0 Å². The third kappa shape index (κ3) is 5.49. The normalized spacial score (nSPS) is 14.2. The lowest BCUT2D eigenvalue weighted by Gasteiger charge is -2.23. The van der Waals surface area contributed by atoms with Gasteiger partial charge in [0.15, 0.2) is 0 Å². The topological polar surface area (TPSA) is 50.7 Å². The molecule has 0 bridgehead atoms. The second-order valence-electron chi connectivity index (χ2n) is 4.65. The summed E-state index contributed by atoms with van der Waals surface area (Å²) in [6.45, 7) is 5.93. The van der Waals surface area contributed by atoms with Crippen molar-refractivity contribution < 1.29 is 14.6 Å². The molecule has 1 unspecified atom stereocenters. The first-order chi connectivity index (χ1) is 8.57. The van der Waals surface area contributed by atoms with Crippen molar-refractivity contribution in [2.45, 2.75) is 26.1 Å². The highest BCUT2D eigenvalue weighted by molar-refractivity contribution is 5.28. The van der Waals surface area contributed by atoms with Crippen LogP contribution < -0.4 is 10.1 Å². The molecule has 0 spiro atoms. The number of nitrogens with one attached hydrogen (secondary N) is 1. The summed E-state index contributed by atoms with van der Waals surface area (Å²) in [4.78, 5) is 0. The average molecular weight is 253 g/mol. The van der Waals surface area contributed by atoms with Crippen LogP contribution in [0, 0.1) is 0 Å². The monoisotopic (exact) mass is 253 g/mol. The fraction of sp³-hybridized carbons (Fsp3) is 0.571. The summed E-state index contributed by atoms with van der Waals surface area (Å²) in [6.07, 6.45) is 0. The zero-order chi connectivity index (χ0) is 13.4. The molecular weight excluding hydrogens is 230 g/mol. The molecule has 102 valence electrons. The Balaban J connectivity index is 2.49. The zero-order valence-corrected chi connectivity index (χ0v) is 11.4. The fourth-order valence-electron chi connectivity index (χ4n) is 1.58. The molecule has 0 aliphatic carbocycles. The van der Waals surface area contributed by atoms with E-state index in [9.17, 15) is 5.11 Å². The van der Waals surface area contributed by atoms with Gasteiger partial charge < -0.3 is 19.9 Å². The summed E-state index contributed by atoms with van der Waals surface area (Å²) in [5, 5.41) is 13.2. The predicted octanol–water partition coefficient (Wildman–Crippen LogP) is 1.57. The van der Waals surface area contributed by atoms with E-state index in [-0.39, 0.29) is 6.61 Å². The lowest BCUT2D eigenvalue weighted by molar-refractivity contribution is 0.0127. The number of benzene rings is 1. The van der Waals surface area contributed by atoms with Crippen LogP contribution in [-0.2, 0) is 11.3 Å². The molecule has 4 heteroatoms. The fourth-order valence-corrected chi connectivity index (χ4v) is 1.58. The molecule has 18 heavy (non-hydrogen) atoms. The second-order valence-corrected chi connectivity index (χ2v) is 4.65. The maximum absolute atomic E-state index is 10.1. The van der Waals surface area contributed by atoms with Crippen LogP contribution in [0.5, 0.6) is 5.75 Å². The van der Waals surface area contributed by atoms with Gasteiger partial charge in [-0.2, -0.15) is 0 Å². The molecule has 1 aromatic rings. The van der Waals surface area contributed by atoms with Crippen LogP contribution >= 0.6 is 0 Å². The number of hydrogen-bond donors (Lipinski definition) is 2. The molecule has 0 fully saturated rings. The molecule has 1 atom stereocenters. The van der Waals surface area contributed by atoms with E-state index in [4.69, 9.17) is 9.47 Å². The molecule has 4 nitrogen and oxygen atoms in total. The molecule has 2 N–H and O–H groups in total. The van der Waals surface area contributed by atoms with Crippen molar-refractivity contribution in [1.82, 2.24) is 5.32 Å². The smallest absolute Gasteiger partial charge is 0.119 e. The summed E-state index contributed by atoms with van der Waals surface area (Å²) >= 11 is 0. The van der Waals surface area contributed by atoms with Crippen molar-refractivity contribution in [3.63, 3.8) is 0 Å². The Labute approximate surface area is 109 Å². The average Bonchev–Trinajstić information content (AvgIpc) is 2.35. The van der Waals surface area contributed by atoms with Crippen LogP contribution in [0.15, 0.2) is 24.3 Å². The van der Waals surface area contributed by atoms with E-state index in [1.165, 1.54) is 0 Å². The Hall–Kier alpha value is -1.10. The van der Waals surface area contributed by atoms with Crippen LogP contribution in [0.3, 0.4) is 0 Å². The van der Waals surface area contributed by atoms with E-state index in [1.54, 1.807) is 14.0 Å². The van der Waals surface area contributed by atoms with Gasteiger partial charge in [0, 0.05) is 13.7 Å². The highest BCUT2D eigenvalue weighted by Gasteiger charge is 2.20. The first-order valence-electron chi connectivity index (χ1n) is 6.21. The first-order valence-corrected chi connectivity index (χ1v) is 6.21. The summed E-state index contributed by atoms with van der Waals surface area (Å²) in [6, 6.07) is 7.70. The van der Waals surface area contributed by atoms with E-state index in [2.05, 4.69) is 5.32 Å². The van der Waals surface area contributed by atoms with Gasteiger partial charge >= 0.3 is 0 Å². The van der Waals surface area contributed by atoms with Crippen LogP contribution in [0.2, 0.25) is 0 Å². The zero-order valence-electron chi connectivity index (χ0n) is 11.4. The standard InChI is InChI=1S/C14H23NO3/c1-4-15-10-14(2,16)11-18-13-7-5-6-12(8-13)9-17-3/h5-8,15-16H,4,9-11H2,1-3H3. The molecule has 0 aliphatic rings. The van der Waals surface area contributed by atoms with Crippen molar-refractivity contribution >= 4 is 0 Å². The number of ether oxygens (including phenoxy) is 2. The minimum Gasteiger partial charge on any atom is -0.491 e. The molecule has 1 aromatic carbocycles. The minimum atomic E-state index is -0.868. The molecule has 0 amide bonds. The Morgan fingerprint density at radius 3 is 2.83 bits per heavy atom. The Morgan fingerprint density at radius 2 is 2.17 bits per heavy atom. The molecule has 0 aliphatic heterocycles. The van der Waals surface area contributed by atoms with Gasteiger partial charge in [-0.25, -0.2) is 0 Å². The van der Waals surface area contributed by atoms with Gasteiger partial charge in [0.05, 0.1) is 6.61 Å². The van der Waals surface area contributed by atoms with Crippen LogP contribution in [0.25, 0.3) is 0 Å². The van der Waals surface area contributed by atoms with Crippen LogP contribution in [0.4, 0.5) is 0 Å². The van der Waals surface area contributed by atoms with Crippen molar-refractivity contribution in [3.05, 3.63) is 29.8 Å². The van der Waals surface area contributed by atoms with Gasteiger partial charge in [0.1, 0.15) is 18.0 Å². The highest BCUT2D eigenvalue weighted by atomic mass is 16.5. The number of hydrogen-bond acceptors (Lipinski definition) is 4. The highest BCUT2D eigenvalue weighted by Crippen LogP contribution is 2.15. The second kappa shape index (κ2) is 7.36. The van der Waals surface area contributed by atoms with Gasteiger partial charge in [-0.05, 0) is 31.2 Å². The molecule has 0 heterocycles. The third-order valence-electron chi connectivity index (χ3n) is 2.52. The molecule has 0 aromatic heterocycles. The van der Waals surface area contributed by atoms with Crippen molar-refractivity contribution in [2.24, 2.45) is 0 Å². The predicted molar refractivity (Wildman–Crippen MR) is 71.8 cm³/mol. The van der Waals surface area contributed by atoms with Crippen molar-refractivity contribution in [3.8, 4) is 5.75 Å². The summed E-state index contributed by atoms with van der Waals surface area (Å²) in [5.41, 5.74) is 0.189. The van der Waals surface area contributed by atoms with E-state index >= 15 is 0 Å². The maximum Gasteiger partial charge on any atom is 0.119 e. The van der Waals surface area contributed by atoms with E-state index < -0.39 is 5.60 Å². The van der Waals surface area contributed by atoms with Crippen LogP contribution in [0.1, 0.15) is 19.4 Å². The Kier molecular flexibility index (Phi) is 6.12. The summed E-state index contributed by atoms with van der Waals surface area (Å²) in [7, 11) is 1.66. The molecule has 0 saturated heterocycles. The van der Waals surface area contributed by atoms with Crippen LogP contribution in [-0.4, -0.2) is 37.5 Å². The lowest BCUT2D eigenvalue weighted by Crippen LogP contribution is -2.42. The van der Waals surface area contributed by atoms with Gasteiger partial charge in [0.2, 0.25) is 0 Å². The number of rotatable bonds is 8. The Morgan fingerprint density at radius 1 is 1.39 bits per heavy atom. The van der Waals surface area contributed by atoms with Gasteiger partial charge in [-0.15, -0.1) is 0 Å². The molecule has 0 radical (unpaired) electrons. The number of likely N-dealkylation sites (N-methyl/N-ethyl adjacent to an activating group) is 1. The molecule has 0 saturated carbocycles. The van der Waals surface area contributed by atoms with Gasteiger partial charge in [-0.1, -0.05) is 19.1 Å². The largest absolute Gasteiger partial charge is 0.491 e.